The Balaban J connectivity index is 3.47. The third kappa shape index (κ3) is 37.4. The van der Waals surface area contributed by atoms with E-state index in [4.69, 9.17) is 9.47 Å². The number of carbonyl (C=O) groups is 2. The first kappa shape index (κ1) is 46.5. The Morgan fingerprint density at radius 1 is 0.396 bits per heavy atom. The highest BCUT2D eigenvalue weighted by molar-refractivity contribution is 5.68. The fourth-order valence-corrected chi connectivity index (χ4v) is 6.38. The van der Waals surface area contributed by atoms with Crippen LogP contribution in [0.15, 0.2) is 0 Å². The lowest BCUT2D eigenvalue weighted by molar-refractivity contribution is 0.0424. The summed E-state index contributed by atoms with van der Waals surface area (Å²) in [7, 11) is 0. The monoisotopic (exact) mass is 681 g/mol. The summed E-state index contributed by atoms with van der Waals surface area (Å²) in [5, 5.41) is 5.69. The lowest BCUT2D eigenvalue weighted by atomic mass is 10.0. The van der Waals surface area contributed by atoms with Crippen molar-refractivity contribution in [2.75, 3.05) is 19.7 Å². The molecule has 0 fully saturated rings. The fraction of sp³-hybridized carbons (Fsp3) is 0.952. The van der Waals surface area contributed by atoms with Crippen LogP contribution in [0, 0.1) is 0 Å². The van der Waals surface area contributed by atoms with Crippen molar-refractivity contribution in [2.24, 2.45) is 0 Å². The first-order valence-corrected chi connectivity index (χ1v) is 21.5. The molecule has 0 aliphatic carbocycles. The summed E-state index contributed by atoms with van der Waals surface area (Å²) < 4.78 is 10.8. The lowest BCUT2D eigenvalue weighted by Crippen LogP contribution is -2.34. The second-order valence-corrected chi connectivity index (χ2v) is 14.5. The average Bonchev–Trinajstić information content (AvgIpc) is 3.09. The lowest BCUT2D eigenvalue weighted by Gasteiger charge is -2.17. The van der Waals surface area contributed by atoms with Crippen LogP contribution in [-0.2, 0) is 9.47 Å². The molecule has 0 radical (unpaired) electrons. The van der Waals surface area contributed by atoms with Gasteiger partial charge in [-0.15, -0.1) is 0 Å². The minimum absolute atomic E-state index is 0.0910. The molecule has 0 aromatic rings. The van der Waals surface area contributed by atoms with E-state index in [0.29, 0.717) is 19.5 Å². The second-order valence-electron chi connectivity index (χ2n) is 14.5. The number of alkyl carbamates (subject to hydrolysis) is 2. The molecule has 2 N–H and O–H groups in total. The second kappa shape index (κ2) is 40.0. The van der Waals surface area contributed by atoms with E-state index in [1.165, 1.54) is 180 Å². The summed E-state index contributed by atoms with van der Waals surface area (Å²) >= 11 is 0. The molecular weight excluding hydrogens is 596 g/mol. The van der Waals surface area contributed by atoms with Gasteiger partial charge < -0.3 is 20.1 Å². The predicted octanol–water partition coefficient (Wildman–Crippen LogP) is 13.7. The highest BCUT2D eigenvalue weighted by Crippen LogP contribution is 2.15. The SMILES string of the molecule is CCCCCCCCCCCCCCCCCCNC(=O)OCC(CC)OC(=O)NCCCCCCCCCCCCCCCCCC. The molecule has 0 aliphatic rings. The van der Waals surface area contributed by atoms with E-state index in [9.17, 15) is 9.59 Å². The maximum Gasteiger partial charge on any atom is 0.407 e. The van der Waals surface area contributed by atoms with Gasteiger partial charge >= 0.3 is 12.2 Å². The largest absolute Gasteiger partial charge is 0.446 e. The fourth-order valence-electron chi connectivity index (χ4n) is 6.38. The van der Waals surface area contributed by atoms with E-state index >= 15 is 0 Å². The Labute approximate surface area is 299 Å². The Hall–Kier alpha value is -1.46. The molecule has 2 amide bonds. The Morgan fingerprint density at radius 2 is 0.667 bits per heavy atom. The van der Waals surface area contributed by atoms with Gasteiger partial charge in [0.05, 0.1) is 0 Å². The zero-order chi connectivity index (χ0) is 35.0. The van der Waals surface area contributed by atoms with Gasteiger partial charge in [-0.25, -0.2) is 9.59 Å². The maximum absolute atomic E-state index is 12.2. The van der Waals surface area contributed by atoms with Crippen LogP contribution in [0.1, 0.15) is 233 Å². The average molecular weight is 681 g/mol. The van der Waals surface area contributed by atoms with Crippen LogP contribution >= 0.6 is 0 Å². The molecule has 0 bridgehead atoms. The van der Waals surface area contributed by atoms with Crippen molar-refractivity contribution in [3.8, 4) is 0 Å². The van der Waals surface area contributed by atoms with Gasteiger partial charge in [-0.3, -0.25) is 0 Å². The van der Waals surface area contributed by atoms with Crippen molar-refractivity contribution in [1.29, 1.82) is 0 Å². The molecule has 286 valence electrons. The highest BCUT2D eigenvalue weighted by atomic mass is 16.6. The highest BCUT2D eigenvalue weighted by Gasteiger charge is 2.14. The van der Waals surface area contributed by atoms with Crippen molar-refractivity contribution in [3.63, 3.8) is 0 Å². The number of hydrogen-bond donors (Lipinski definition) is 2. The third-order valence-electron chi connectivity index (χ3n) is 9.73. The van der Waals surface area contributed by atoms with Crippen LogP contribution < -0.4 is 10.6 Å². The molecule has 0 aliphatic heterocycles. The number of rotatable bonds is 38. The van der Waals surface area contributed by atoms with Gasteiger partial charge in [-0.2, -0.15) is 0 Å². The van der Waals surface area contributed by atoms with E-state index in [0.717, 1.165) is 25.7 Å². The van der Waals surface area contributed by atoms with Crippen molar-refractivity contribution >= 4 is 12.2 Å². The standard InChI is InChI=1S/C42H84N2O4/c1-4-7-9-11-13-15-17-19-21-23-25-27-29-31-33-35-37-43-41(45)47-39-40(6-3)48-42(46)44-38-36-34-32-30-28-26-24-22-20-18-16-14-12-10-8-5-2/h40H,4-39H2,1-3H3,(H,43,45)(H,44,46). The molecule has 0 saturated carbocycles. The van der Waals surface area contributed by atoms with Crippen LogP contribution in [-0.4, -0.2) is 38.0 Å². The zero-order valence-corrected chi connectivity index (χ0v) is 32.7. The summed E-state index contributed by atoms with van der Waals surface area (Å²) in [5.41, 5.74) is 0. The smallest absolute Gasteiger partial charge is 0.407 e. The Kier molecular flexibility index (Phi) is 38.8. The van der Waals surface area contributed by atoms with Crippen molar-refractivity contribution < 1.29 is 19.1 Å². The van der Waals surface area contributed by atoms with Crippen LogP contribution in [0.25, 0.3) is 0 Å². The van der Waals surface area contributed by atoms with Crippen molar-refractivity contribution in [2.45, 2.75) is 239 Å². The molecule has 48 heavy (non-hydrogen) atoms. The molecule has 0 aromatic heterocycles. The maximum atomic E-state index is 12.2. The summed E-state index contributed by atoms with van der Waals surface area (Å²) in [6.07, 6.45) is 42.1. The Morgan fingerprint density at radius 3 is 0.958 bits per heavy atom. The molecule has 0 heterocycles. The first-order valence-electron chi connectivity index (χ1n) is 21.5. The summed E-state index contributed by atoms with van der Waals surface area (Å²) in [6, 6.07) is 0. The molecule has 1 unspecified atom stereocenters. The third-order valence-corrected chi connectivity index (χ3v) is 9.73. The normalized spacial score (nSPS) is 11.8. The van der Waals surface area contributed by atoms with Crippen LogP contribution in [0.3, 0.4) is 0 Å². The Bertz CT molecular complexity index is 660. The zero-order valence-electron chi connectivity index (χ0n) is 32.7. The number of carbonyl (C=O) groups excluding carboxylic acids is 2. The van der Waals surface area contributed by atoms with Gasteiger partial charge in [-0.1, -0.05) is 213 Å². The minimum Gasteiger partial charge on any atom is -0.446 e. The van der Waals surface area contributed by atoms with E-state index in [1.54, 1.807) is 0 Å². The number of ether oxygens (including phenoxy) is 2. The summed E-state index contributed by atoms with van der Waals surface area (Å²) in [6.45, 7) is 7.85. The molecule has 6 heteroatoms. The van der Waals surface area contributed by atoms with Gasteiger partial charge in [0.15, 0.2) is 0 Å². The van der Waals surface area contributed by atoms with Gasteiger partial charge in [0.25, 0.3) is 0 Å². The molecule has 0 aromatic carbocycles. The number of unbranched alkanes of at least 4 members (excludes halogenated alkanes) is 30. The van der Waals surface area contributed by atoms with Crippen LogP contribution in [0.5, 0.6) is 0 Å². The van der Waals surface area contributed by atoms with Crippen molar-refractivity contribution in [3.05, 3.63) is 0 Å². The number of nitrogens with one attached hydrogen (secondary N) is 2. The van der Waals surface area contributed by atoms with Gasteiger partial charge in [-0.05, 0) is 19.3 Å². The number of amides is 2. The van der Waals surface area contributed by atoms with E-state index < -0.39 is 18.3 Å². The molecule has 0 saturated heterocycles. The van der Waals surface area contributed by atoms with Crippen LogP contribution in [0.2, 0.25) is 0 Å². The van der Waals surface area contributed by atoms with E-state index in [-0.39, 0.29) is 6.61 Å². The number of hydrogen-bond acceptors (Lipinski definition) is 4. The summed E-state index contributed by atoms with van der Waals surface area (Å²) in [4.78, 5) is 24.2. The molecule has 1 atom stereocenters. The van der Waals surface area contributed by atoms with Crippen molar-refractivity contribution in [1.82, 2.24) is 10.6 Å². The molecule has 0 spiro atoms. The predicted molar refractivity (Wildman–Crippen MR) is 207 cm³/mol. The quantitative estimate of drug-likeness (QED) is 0.0636. The first-order chi connectivity index (χ1) is 23.6. The minimum atomic E-state index is -0.424. The molecule has 0 rings (SSSR count). The van der Waals surface area contributed by atoms with Crippen LogP contribution in [0.4, 0.5) is 9.59 Å². The van der Waals surface area contributed by atoms with Gasteiger partial charge in [0, 0.05) is 13.1 Å². The molecule has 6 nitrogen and oxygen atoms in total. The van der Waals surface area contributed by atoms with Gasteiger partial charge in [0.1, 0.15) is 12.7 Å². The van der Waals surface area contributed by atoms with E-state index in [1.807, 2.05) is 6.92 Å². The molecular formula is C42H84N2O4. The topological polar surface area (TPSA) is 76.7 Å². The van der Waals surface area contributed by atoms with Gasteiger partial charge in [0.2, 0.25) is 0 Å². The van der Waals surface area contributed by atoms with E-state index in [2.05, 4.69) is 24.5 Å². The summed E-state index contributed by atoms with van der Waals surface area (Å²) in [5.74, 6) is 0.